The molecule has 0 amide bonds. The van der Waals surface area contributed by atoms with Crippen LogP contribution in [-0.4, -0.2) is 31.7 Å². The van der Waals surface area contributed by atoms with Gasteiger partial charge < -0.3 is 5.32 Å². The van der Waals surface area contributed by atoms with Crippen molar-refractivity contribution in [2.45, 2.75) is 25.2 Å². The zero-order valence-corrected chi connectivity index (χ0v) is 13.6. The monoisotopic (exact) mass is 326 g/mol. The summed E-state index contributed by atoms with van der Waals surface area (Å²) in [6.07, 6.45) is 0.872. The fourth-order valence-electron chi connectivity index (χ4n) is 1.76. The number of anilines is 1. The predicted molar refractivity (Wildman–Crippen MR) is 84.1 cm³/mol. The Balaban J connectivity index is 2.06. The van der Waals surface area contributed by atoms with Crippen LogP contribution in [-0.2, 0) is 16.4 Å². The van der Waals surface area contributed by atoms with Crippen LogP contribution in [0.4, 0.5) is 5.13 Å². The van der Waals surface area contributed by atoms with Gasteiger partial charge in [0.15, 0.2) is 0 Å². The lowest BCUT2D eigenvalue weighted by molar-refractivity contribution is 0.601. The number of nitrogens with one attached hydrogen (secondary N) is 2. The third-order valence-corrected chi connectivity index (χ3v) is 5.06. The van der Waals surface area contributed by atoms with E-state index in [1.807, 2.05) is 12.1 Å². The molecule has 0 radical (unpaired) electrons. The number of hydrogen-bond donors (Lipinski definition) is 2. The minimum Gasteiger partial charge on any atom is -0.317 e. The Morgan fingerprint density at radius 3 is 2.48 bits per heavy atom. The lowest BCUT2D eigenvalue weighted by atomic mass is 10.1. The molecular formula is C13H18N4O2S2. The molecule has 114 valence electrons. The molecule has 0 aliphatic carbocycles. The summed E-state index contributed by atoms with van der Waals surface area (Å²) in [5.41, 5.74) is 1.10. The van der Waals surface area contributed by atoms with E-state index in [-0.39, 0.29) is 10.0 Å². The van der Waals surface area contributed by atoms with Crippen LogP contribution in [0.1, 0.15) is 17.5 Å². The van der Waals surface area contributed by atoms with Gasteiger partial charge in [0.05, 0.1) is 4.90 Å². The highest BCUT2D eigenvalue weighted by atomic mass is 32.2. The molecule has 8 heteroatoms. The third-order valence-electron chi connectivity index (χ3n) is 2.82. The normalized spacial score (nSPS) is 11.5. The maximum absolute atomic E-state index is 12.2. The zero-order valence-electron chi connectivity index (χ0n) is 12.0. The summed E-state index contributed by atoms with van der Waals surface area (Å²) in [6.45, 7) is 5.63. The Hall–Kier alpha value is -1.51. The highest BCUT2D eigenvalue weighted by molar-refractivity contribution is 7.93. The van der Waals surface area contributed by atoms with Crippen LogP contribution in [0.25, 0.3) is 0 Å². The highest BCUT2D eigenvalue weighted by Gasteiger charge is 2.16. The van der Waals surface area contributed by atoms with Crippen LogP contribution >= 0.6 is 11.3 Å². The second-order valence-corrected chi connectivity index (χ2v) is 7.34. The molecule has 1 aromatic carbocycles. The molecule has 0 bridgehead atoms. The Morgan fingerprint density at radius 2 is 1.90 bits per heavy atom. The van der Waals surface area contributed by atoms with Crippen molar-refractivity contribution < 1.29 is 8.42 Å². The second-order valence-electron chi connectivity index (χ2n) is 4.48. The number of benzene rings is 1. The number of aryl methyl sites for hydroxylation is 1. The van der Waals surface area contributed by atoms with Gasteiger partial charge in [-0.3, -0.25) is 4.72 Å². The minimum atomic E-state index is -3.60. The lowest BCUT2D eigenvalue weighted by Gasteiger charge is -2.06. The van der Waals surface area contributed by atoms with Crippen molar-refractivity contribution in [3.8, 4) is 0 Å². The lowest BCUT2D eigenvalue weighted by Crippen LogP contribution is -2.16. The van der Waals surface area contributed by atoms with E-state index >= 15 is 0 Å². The molecule has 2 aromatic rings. The Morgan fingerprint density at radius 1 is 1.19 bits per heavy atom. The van der Waals surface area contributed by atoms with Crippen molar-refractivity contribution in [1.82, 2.24) is 15.5 Å². The first-order valence-electron chi connectivity index (χ1n) is 6.64. The van der Waals surface area contributed by atoms with Gasteiger partial charge >= 0.3 is 0 Å². The predicted octanol–water partition coefficient (Wildman–Crippen LogP) is 1.80. The molecule has 0 spiro atoms. The molecule has 0 fully saturated rings. The van der Waals surface area contributed by atoms with Crippen molar-refractivity contribution in [2.75, 3.05) is 17.8 Å². The smallest absolute Gasteiger partial charge is 0.263 e. The van der Waals surface area contributed by atoms with Crippen molar-refractivity contribution in [1.29, 1.82) is 0 Å². The fourth-order valence-corrected chi connectivity index (χ4v) is 3.58. The summed E-state index contributed by atoms with van der Waals surface area (Å²) >= 11 is 1.21. The van der Waals surface area contributed by atoms with Crippen LogP contribution in [0.3, 0.4) is 0 Å². The standard InChI is InChI=1S/C13H18N4O2S2/c1-3-14-9-8-11-4-6-12(7-5-11)21(18,19)17-13-16-15-10(2)20-13/h4-7,14H,3,8-9H2,1-2H3,(H,16,17). The molecule has 0 saturated heterocycles. The first-order chi connectivity index (χ1) is 10.0. The third kappa shape index (κ3) is 4.48. The molecule has 0 saturated carbocycles. The SMILES string of the molecule is CCNCCc1ccc(S(=O)(=O)Nc2nnc(C)s2)cc1. The van der Waals surface area contributed by atoms with Crippen molar-refractivity contribution in [3.63, 3.8) is 0 Å². The van der Waals surface area contributed by atoms with E-state index in [1.54, 1.807) is 19.1 Å². The van der Waals surface area contributed by atoms with E-state index in [9.17, 15) is 8.42 Å². The van der Waals surface area contributed by atoms with Crippen molar-refractivity contribution in [2.24, 2.45) is 0 Å². The average Bonchev–Trinajstić information content (AvgIpc) is 2.84. The molecule has 1 heterocycles. The molecule has 0 unspecified atom stereocenters. The summed E-state index contributed by atoms with van der Waals surface area (Å²) in [7, 11) is -3.60. The summed E-state index contributed by atoms with van der Waals surface area (Å²) < 4.78 is 26.8. The van der Waals surface area contributed by atoms with E-state index in [0.29, 0.717) is 5.01 Å². The number of nitrogens with zero attached hydrogens (tertiary/aromatic N) is 2. The van der Waals surface area contributed by atoms with Gasteiger partial charge in [-0.15, -0.1) is 10.2 Å². The van der Waals surface area contributed by atoms with Gasteiger partial charge in [0.25, 0.3) is 10.0 Å². The quantitative estimate of drug-likeness (QED) is 0.758. The first kappa shape index (κ1) is 15.9. The van der Waals surface area contributed by atoms with Crippen LogP contribution in [0.2, 0.25) is 0 Å². The summed E-state index contributed by atoms with van der Waals surface area (Å²) in [5.74, 6) is 0. The van der Waals surface area contributed by atoms with E-state index in [0.717, 1.165) is 25.1 Å². The first-order valence-corrected chi connectivity index (χ1v) is 8.94. The van der Waals surface area contributed by atoms with Gasteiger partial charge in [-0.05, 0) is 44.1 Å². The summed E-state index contributed by atoms with van der Waals surface area (Å²) in [6, 6.07) is 6.88. The minimum absolute atomic E-state index is 0.225. The molecule has 0 atom stereocenters. The van der Waals surface area contributed by atoms with Gasteiger partial charge in [-0.25, -0.2) is 8.42 Å². The van der Waals surface area contributed by atoms with Gasteiger partial charge in [-0.1, -0.05) is 30.4 Å². The van der Waals surface area contributed by atoms with Crippen LogP contribution in [0.5, 0.6) is 0 Å². The molecule has 21 heavy (non-hydrogen) atoms. The van der Waals surface area contributed by atoms with E-state index < -0.39 is 10.0 Å². The second kappa shape index (κ2) is 6.97. The summed E-state index contributed by atoms with van der Waals surface area (Å²) in [5, 5.41) is 11.8. The molecular weight excluding hydrogens is 308 g/mol. The van der Waals surface area contributed by atoms with E-state index in [2.05, 4.69) is 27.2 Å². The number of likely N-dealkylation sites (N-methyl/N-ethyl adjacent to an activating group) is 1. The van der Waals surface area contributed by atoms with E-state index in [1.165, 1.54) is 11.3 Å². The van der Waals surface area contributed by atoms with E-state index in [4.69, 9.17) is 0 Å². The Bertz CT molecular complexity index is 680. The summed E-state index contributed by atoms with van der Waals surface area (Å²) in [4.78, 5) is 0.225. The molecule has 2 rings (SSSR count). The Labute approximate surface area is 128 Å². The van der Waals surface area contributed by atoms with Crippen molar-refractivity contribution >= 4 is 26.5 Å². The van der Waals surface area contributed by atoms with Crippen LogP contribution in [0.15, 0.2) is 29.2 Å². The molecule has 0 aliphatic rings. The number of rotatable bonds is 7. The molecule has 0 aliphatic heterocycles. The maximum atomic E-state index is 12.2. The fraction of sp³-hybridized carbons (Fsp3) is 0.385. The largest absolute Gasteiger partial charge is 0.317 e. The average molecular weight is 326 g/mol. The molecule has 1 aromatic heterocycles. The van der Waals surface area contributed by atoms with Crippen LogP contribution in [0, 0.1) is 6.92 Å². The van der Waals surface area contributed by atoms with Crippen molar-refractivity contribution in [3.05, 3.63) is 34.8 Å². The molecule has 6 nitrogen and oxygen atoms in total. The van der Waals surface area contributed by atoms with Gasteiger partial charge in [0.2, 0.25) is 5.13 Å². The van der Waals surface area contributed by atoms with Crippen LogP contribution < -0.4 is 10.0 Å². The number of aromatic nitrogens is 2. The highest BCUT2D eigenvalue weighted by Crippen LogP contribution is 2.19. The maximum Gasteiger partial charge on any atom is 0.263 e. The zero-order chi connectivity index (χ0) is 15.3. The van der Waals surface area contributed by atoms with Gasteiger partial charge in [0, 0.05) is 0 Å². The van der Waals surface area contributed by atoms with Gasteiger partial charge in [0.1, 0.15) is 5.01 Å². The number of hydrogen-bond acceptors (Lipinski definition) is 6. The van der Waals surface area contributed by atoms with Gasteiger partial charge in [-0.2, -0.15) is 0 Å². The molecule has 2 N–H and O–H groups in total. The Kier molecular flexibility index (Phi) is 5.27. The topological polar surface area (TPSA) is 84.0 Å². The number of sulfonamides is 1.